The Morgan fingerprint density at radius 2 is 2.25 bits per heavy atom. The van der Waals surface area contributed by atoms with Gasteiger partial charge in [-0.1, -0.05) is 13.7 Å². The van der Waals surface area contributed by atoms with E-state index in [2.05, 4.69) is 4.65 Å². The summed E-state index contributed by atoms with van der Waals surface area (Å²) in [5, 5.41) is 0. The Bertz CT molecular complexity index is 67.1. The van der Waals surface area contributed by atoms with Gasteiger partial charge in [-0.3, -0.25) is 4.79 Å². The maximum atomic E-state index is 10.2. The van der Waals surface area contributed by atoms with E-state index in [4.69, 9.17) is 0 Å². The van der Waals surface area contributed by atoms with E-state index in [1.54, 1.807) is 13.7 Å². The molecule has 0 amide bonds. The smallest absolute Gasteiger partial charge is 0.370 e. The summed E-state index contributed by atoms with van der Waals surface area (Å²) in [6.07, 6.45) is 0.449. The van der Waals surface area contributed by atoms with Crippen molar-refractivity contribution in [1.29, 1.82) is 0 Å². The van der Waals surface area contributed by atoms with Crippen LogP contribution in [0.25, 0.3) is 0 Å². The van der Waals surface area contributed by atoms with Crippen LogP contribution >= 0.6 is 0 Å². The SMILES string of the molecule is C[B]OC(=O)CC.[Y]. The van der Waals surface area contributed by atoms with Crippen molar-refractivity contribution in [3.8, 4) is 0 Å². The van der Waals surface area contributed by atoms with E-state index in [1.807, 2.05) is 0 Å². The number of carbonyl (C=O) groups excluding carboxylic acids is 1. The minimum Gasteiger partial charge on any atom is -0.539 e. The van der Waals surface area contributed by atoms with Crippen LogP contribution in [0.3, 0.4) is 0 Å². The normalized spacial score (nSPS) is 6.75. The molecule has 0 saturated carbocycles. The zero-order chi connectivity index (χ0) is 5.70. The molecule has 0 aromatic carbocycles. The van der Waals surface area contributed by atoms with E-state index >= 15 is 0 Å². The maximum Gasteiger partial charge on any atom is 0.370 e. The van der Waals surface area contributed by atoms with Gasteiger partial charge in [0.1, 0.15) is 0 Å². The first-order valence-electron chi connectivity index (χ1n) is 2.28. The Morgan fingerprint density at radius 3 is 2.38 bits per heavy atom. The van der Waals surface area contributed by atoms with Crippen molar-refractivity contribution in [2.45, 2.75) is 20.2 Å². The van der Waals surface area contributed by atoms with E-state index in [0.717, 1.165) is 0 Å². The summed E-state index contributed by atoms with van der Waals surface area (Å²) in [6, 6.07) is 0. The van der Waals surface area contributed by atoms with Gasteiger partial charge in [-0.15, -0.1) is 0 Å². The van der Waals surface area contributed by atoms with Crippen LogP contribution in [0.5, 0.6) is 0 Å². The Balaban J connectivity index is 0. The second-order valence-corrected chi connectivity index (χ2v) is 1.08. The molecule has 8 heavy (non-hydrogen) atoms. The molecule has 0 aromatic rings. The fraction of sp³-hybridized carbons (Fsp3) is 0.750. The van der Waals surface area contributed by atoms with Crippen molar-refractivity contribution >= 4 is 13.5 Å². The quantitative estimate of drug-likeness (QED) is 0.593. The topological polar surface area (TPSA) is 26.3 Å². The molecule has 42 valence electrons. The third-order valence-corrected chi connectivity index (χ3v) is 0.538. The second kappa shape index (κ2) is 7.64. The first-order valence-corrected chi connectivity index (χ1v) is 2.28. The summed E-state index contributed by atoms with van der Waals surface area (Å²) >= 11 is 0. The Morgan fingerprint density at radius 1 is 1.75 bits per heavy atom. The van der Waals surface area contributed by atoms with Gasteiger partial charge in [-0.2, -0.15) is 0 Å². The van der Waals surface area contributed by atoms with E-state index in [1.165, 1.54) is 7.48 Å². The summed E-state index contributed by atoms with van der Waals surface area (Å²) < 4.78 is 4.43. The van der Waals surface area contributed by atoms with Gasteiger partial charge in [0, 0.05) is 39.1 Å². The average Bonchev–Trinajstić information content (AvgIpc) is 1.68. The van der Waals surface area contributed by atoms with Gasteiger partial charge in [-0.05, 0) is 0 Å². The average molecular weight is 188 g/mol. The summed E-state index contributed by atoms with van der Waals surface area (Å²) in [6.45, 7) is 3.43. The van der Waals surface area contributed by atoms with Crippen LogP contribution in [-0.2, 0) is 42.2 Å². The van der Waals surface area contributed by atoms with Crippen LogP contribution in [0.4, 0.5) is 0 Å². The van der Waals surface area contributed by atoms with Crippen molar-refractivity contribution in [2.75, 3.05) is 0 Å². The minimum atomic E-state index is -0.178. The van der Waals surface area contributed by atoms with Gasteiger partial charge in [-0.25, -0.2) is 0 Å². The molecule has 0 aromatic heterocycles. The van der Waals surface area contributed by atoms with Crippen molar-refractivity contribution < 1.29 is 42.2 Å². The molecule has 4 heteroatoms. The molecule has 0 saturated heterocycles. The first-order chi connectivity index (χ1) is 3.31. The second-order valence-electron chi connectivity index (χ2n) is 1.08. The van der Waals surface area contributed by atoms with Gasteiger partial charge in [0.2, 0.25) is 0 Å². The molecule has 0 aliphatic rings. The Hall–Kier alpha value is 0.639. The van der Waals surface area contributed by atoms with E-state index < -0.39 is 0 Å². The predicted molar refractivity (Wildman–Crippen MR) is 28.0 cm³/mol. The Kier molecular flexibility index (Phi) is 10.9. The number of carbonyl (C=O) groups is 1. The van der Waals surface area contributed by atoms with Gasteiger partial charge < -0.3 is 4.65 Å². The van der Waals surface area contributed by atoms with Gasteiger partial charge in [0.25, 0.3) is 5.97 Å². The van der Waals surface area contributed by atoms with Crippen LogP contribution in [0.15, 0.2) is 0 Å². The van der Waals surface area contributed by atoms with Crippen molar-refractivity contribution in [3.63, 3.8) is 0 Å². The monoisotopic (exact) mass is 188 g/mol. The van der Waals surface area contributed by atoms with Gasteiger partial charge in [0.15, 0.2) is 0 Å². The van der Waals surface area contributed by atoms with Crippen LogP contribution in [0.1, 0.15) is 13.3 Å². The minimum absolute atomic E-state index is 0. The molecule has 0 unspecified atom stereocenters. The zero-order valence-corrected chi connectivity index (χ0v) is 8.02. The summed E-state index contributed by atoms with van der Waals surface area (Å²) in [4.78, 5) is 10.2. The van der Waals surface area contributed by atoms with E-state index in [-0.39, 0.29) is 38.7 Å². The van der Waals surface area contributed by atoms with Crippen molar-refractivity contribution in [3.05, 3.63) is 0 Å². The van der Waals surface area contributed by atoms with Crippen molar-refractivity contribution in [2.24, 2.45) is 0 Å². The van der Waals surface area contributed by atoms with Crippen LogP contribution in [0.2, 0.25) is 6.82 Å². The number of hydrogen-bond donors (Lipinski definition) is 0. The van der Waals surface area contributed by atoms with Crippen molar-refractivity contribution in [1.82, 2.24) is 0 Å². The summed E-state index contributed by atoms with van der Waals surface area (Å²) in [7, 11) is 1.38. The van der Waals surface area contributed by atoms with Crippen LogP contribution in [-0.4, -0.2) is 13.5 Å². The third kappa shape index (κ3) is 6.64. The first kappa shape index (κ1) is 11.4. The molecular weight excluding hydrogens is 180 g/mol. The molecule has 0 atom stereocenters. The molecule has 0 fully saturated rings. The largest absolute Gasteiger partial charge is 0.539 e. The number of hydrogen-bond acceptors (Lipinski definition) is 2. The predicted octanol–water partition coefficient (Wildman–Crippen LogP) is 0.604. The molecular formula is C4H8BO2Y. The van der Waals surface area contributed by atoms with E-state index in [0.29, 0.717) is 6.42 Å². The van der Waals surface area contributed by atoms with Crippen LogP contribution in [0, 0.1) is 0 Å². The fourth-order valence-corrected chi connectivity index (χ4v) is 0.215. The molecule has 2 radical (unpaired) electrons. The number of rotatable bonds is 2. The van der Waals surface area contributed by atoms with Crippen LogP contribution < -0.4 is 0 Å². The molecule has 0 bridgehead atoms. The van der Waals surface area contributed by atoms with Gasteiger partial charge >= 0.3 is 7.48 Å². The summed E-state index contributed by atoms with van der Waals surface area (Å²) in [5.41, 5.74) is 0. The zero-order valence-electron chi connectivity index (χ0n) is 5.18. The van der Waals surface area contributed by atoms with Gasteiger partial charge in [0.05, 0.1) is 0 Å². The molecule has 2 nitrogen and oxygen atoms in total. The van der Waals surface area contributed by atoms with E-state index in [9.17, 15) is 4.79 Å². The maximum absolute atomic E-state index is 10.2. The molecule has 0 heterocycles. The molecule has 0 N–H and O–H groups in total. The summed E-state index contributed by atoms with van der Waals surface area (Å²) in [5.74, 6) is -0.178. The molecule has 0 spiro atoms. The molecule has 0 aliphatic carbocycles. The Labute approximate surface area is 75.5 Å². The fourth-order valence-electron chi connectivity index (χ4n) is 0.215. The standard InChI is InChI=1S/C4H8BO2.Y/c1-3-4(6)7-5-2;/h3H2,1-2H3;. The third-order valence-electron chi connectivity index (χ3n) is 0.538. The molecule has 0 aliphatic heterocycles. The molecule has 0 rings (SSSR count).